The van der Waals surface area contributed by atoms with Crippen LogP contribution in [0.25, 0.3) is 5.65 Å². The lowest BCUT2D eigenvalue weighted by atomic mass is 10.5. The summed E-state index contributed by atoms with van der Waals surface area (Å²) in [5.41, 5.74) is 0.557. The van der Waals surface area contributed by atoms with Crippen molar-refractivity contribution in [3.63, 3.8) is 0 Å². The SMILES string of the molecule is O=[N+]([O-])c1c(Br)nc2ccccn12. The maximum atomic E-state index is 10.6. The van der Waals surface area contributed by atoms with Crippen LogP contribution in [0.5, 0.6) is 0 Å². The van der Waals surface area contributed by atoms with E-state index in [9.17, 15) is 10.1 Å². The molecule has 0 spiro atoms. The van der Waals surface area contributed by atoms with Crippen molar-refractivity contribution in [2.45, 2.75) is 0 Å². The molecule has 2 rings (SSSR count). The van der Waals surface area contributed by atoms with Gasteiger partial charge in [0.1, 0.15) is 0 Å². The third-order valence-electron chi connectivity index (χ3n) is 1.64. The van der Waals surface area contributed by atoms with Gasteiger partial charge in [-0.15, -0.1) is 0 Å². The first kappa shape index (κ1) is 8.18. The van der Waals surface area contributed by atoms with Crippen LogP contribution < -0.4 is 0 Å². The average molecular weight is 242 g/mol. The molecule has 66 valence electrons. The van der Waals surface area contributed by atoms with Gasteiger partial charge >= 0.3 is 5.82 Å². The smallest absolute Gasteiger partial charge is 0.358 e. The van der Waals surface area contributed by atoms with Crippen LogP contribution in [0.15, 0.2) is 29.0 Å². The summed E-state index contributed by atoms with van der Waals surface area (Å²) in [5.74, 6) is -0.0457. The Kier molecular flexibility index (Phi) is 1.77. The molecule has 0 aliphatic rings. The Morgan fingerprint density at radius 1 is 1.54 bits per heavy atom. The fourth-order valence-electron chi connectivity index (χ4n) is 1.12. The zero-order chi connectivity index (χ0) is 9.42. The van der Waals surface area contributed by atoms with E-state index in [-0.39, 0.29) is 10.4 Å². The van der Waals surface area contributed by atoms with Crippen molar-refractivity contribution in [3.05, 3.63) is 39.1 Å². The first-order chi connectivity index (χ1) is 6.20. The monoisotopic (exact) mass is 241 g/mol. The van der Waals surface area contributed by atoms with E-state index in [1.165, 1.54) is 4.40 Å². The van der Waals surface area contributed by atoms with Crippen molar-refractivity contribution in [2.24, 2.45) is 0 Å². The van der Waals surface area contributed by atoms with Gasteiger partial charge < -0.3 is 10.1 Å². The fraction of sp³-hybridized carbons (Fsp3) is 0. The highest BCUT2D eigenvalue weighted by molar-refractivity contribution is 9.10. The van der Waals surface area contributed by atoms with Crippen molar-refractivity contribution < 1.29 is 4.92 Å². The number of fused-ring (bicyclic) bond motifs is 1. The summed E-state index contributed by atoms with van der Waals surface area (Å²) in [5, 5.41) is 10.6. The minimum Gasteiger partial charge on any atom is -0.358 e. The Morgan fingerprint density at radius 2 is 2.31 bits per heavy atom. The zero-order valence-electron chi connectivity index (χ0n) is 6.35. The van der Waals surface area contributed by atoms with E-state index in [2.05, 4.69) is 20.9 Å². The predicted octanol–water partition coefficient (Wildman–Crippen LogP) is 2.00. The van der Waals surface area contributed by atoms with Crippen LogP contribution in [0.2, 0.25) is 0 Å². The van der Waals surface area contributed by atoms with E-state index in [1.807, 2.05) is 0 Å². The van der Waals surface area contributed by atoms with Crippen LogP contribution >= 0.6 is 15.9 Å². The molecule has 0 aromatic carbocycles. The van der Waals surface area contributed by atoms with Crippen LogP contribution in [-0.2, 0) is 0 Å². The summed E-state index contributed by atoms with van der Waals surface area (Å²) in [4.78, 5) is 14.1. The van der Waals surface area contributed by atoms with Crippen molar-refractivity contribution >= 4 is 27.4 Å². The second-order valence-electron chi connectivity index (χ2n) is 2.41. The molecule has 0 amide bonds. The first-order valence-electron chi connectivity index (χ1n) is 3.47. The van der Waals surface area contributed by atoms with Gasteiger partial charge in [0.25, 0.3) is 0 Å². The highest BCUT2D eigenvalue weighted by atomic mass is 79.9. The summed E-state index contributed by atoms with van der Waals surface area (Å²) in [6.45, 7) is 0. The van der Waals surface area contributed by atoms with Crippen molar-refractivity contribution in [1.29, 1.82) is 0 Å². The molecule has 5 nitrogen and oxygen atoms in total. The number of rotatable bonds is 1. The Balaban J connectivity index is 2.86. The molecule has 0 bridgehead atoms. The minimum atomic E-state index is -0.468. The molecule has 0 atom stereocenters. The lowest BCUT2D eigenvalue weighted by molar-refractivity contribution is -0.391. The highest BCUT2D eigenvalue weighted by Gasteiger charge is 2.19. The van der Waals surface area contributed by atoms with Gasteiger partial charge in [0, 0.05) is 6.07 Å². The van der Waals surface area contributed by atoms with E-state index in [0.29, 0.717) is 5.65 Å². The number of pyridine rings is 1. The largest absolute Gasteiger partial charge is 0.362 e. The summed E-state index contributed by atoms with van der Waals surface area (Å²) in [7, 11) is 0. The van der Waals surface area contributed by atoms with Gasteiger partial charge in [-0.05, 0) is 26.9 Å². The lowest BCUT2D eigenvalue weighted by Gasteiger charge is -1.91. The third kappa shape index (κ3) is 1.19. The van der Waals surface area contributed by atoms with E-state index >= 15 is 0 Å². The Bertz CT molecular complexity index is 480. The summed E-state index contributed by atoms with van der Waals surface area (Å²) in [6.07, 6.45) is 1.60. The molecule has 0 N–H and O–H groups in total. The molecule has 0 saturated carbocycles. The van der Waals surface area contributed by atoms with E-state index in [4.69, 9.17) is 0 Å². The number of nitro groups is 1. The second-order valence-corrected chi connectivity index (χ2v) is 3.16. The number of halogens is 1. The number of aromatic nitrogens is 2. The molecule has 6 heteroatoms. The van der Waals surface area contributed by atoms with Crippen LogP contribution in [0.4, 0.5) is 5.82 Å². The molecular formula is C7H4BrN3O2. The molecule has 0 aliphatic heterocycles. The molecule has 0 unspecified atom stereocenters. The molecule has 13 heavy (non-hydrogen) atoms. The lowest BCUT2D eigenvalue weighted by Crippen LogP contribution is -1.93. The van der Waals surface area contributed by atoms with Gasteiger partial charge in [0.2, 0.25) is 10.3 Å². The van der Waals surface area contributed by atoms with Gasteiger partial charge in [0.05, 0.1) is 6.20 Å². The Labute approximate surface area is 81.3 Å². The summed E-state index contributed by atoms with van der Waals surface area (Å²) >= 11 is 3.04. The number of imidazole rings is 1. The standard InChI is InChI=1S/C7H4BrN3O2/c8-6-7(11(12)13)10-4-2-1-3-5(10)9-6/h1-4H. The second kappa shape index (κ2) is 2.81. The third-order valence-corrected chi connectivity index (χ3v) is 2.17. The van der Waals surface area contributed by atoms with Crippen molar-refractivity contribution in [2.75, 3.05) is 0 Å². The van der Waals surface area contributed by atoms with E-state index in [0.717, 1.165) is 0 Å². The van der Waals surface area contributed by atoms with E-state index < -0.39 is 4.92 Å². The predicted molar refractivity (Wildman–Crippen MR) is 49.5 cm³/mol. The fourth-order valence-corrected chi connectivity index (χ4v) is 1.64. The van der Waals surface area contributed by atoms with Crippen molar-refractivity contribution in [1.82, 2.24) is 9.38 Å². The Morgan fingerprint density at radius 3 is 3.00 bits per heavy atom. The number of nitrogens with zero attached hydrogens (tertiary/aromatic N) is 3. The molecule has 0 fully saturated rings. The van der Waals surface area contributed by atoms with E-state index in [1.54, 1.807) is 24.4 Å². The van der Waals surface area contributed by atoms with Gasteiger partial charge in [-0.2, -0.15) is 9.38 Å². The average Bonchev–Trinajstić information content (AvgIpc) is 2.39. The maximum absolute atomic E-state index is 10.6. The van der Waals surface area contributed by atoms with Crippen LogP contribution in [0.1, 0.15) is 0 Å². The van der Waals surface area contributed by atoms with Gasteiger partial charge in [-0.25, -0.2) is 0 Å². The van der Waals surface area contributed by atoms with Gasteiger partial charge in [-0.3, -0.25) is 0 Å². The zero-order valence-corrected chi connectivity index (χ0v) is 7.93. The molecule has 0 aliphatic carbocycles. The maximum Gasteiger partial charge on any atom is 0.362 e. The molecule has 2 heterocycles. The van der Waals surface area contributed by atoms with Gasteiger partial charge in [0.15, 0.2) is 0 Å². The highest BCUT2D eigenvalue weighted by Crippen LogP contribution is 2.24. The Hall–Kier alpha value is -1.43. The topological polar surface area (TPSA) is 60.4 Å². The normalized spacial score (nSPS) is 10.5. The quantitative estimate of drug-likeness (QED) is 0.567. The number of hydrogen-bond donors (Lipinski definition) is 0. The molecule has 0 radical (unpaired) electrons. The molecule has 2 aromatic rings. The summed E-state index contributed by atoms with van der Waals surface area (Å²) < 4.78 is 1.67. The minimum absolute atomic E-state index is 0.0457. The molecule has 2 aromatic heterocycles. The van der Waals surface area contributed by atoms with Crippen LogP contribution in [-0.4, -0.2) is 14.3 Å². The van der Waals surface area contributed by atoms with Crippen LogP contribution in [0.3, 0.4) is 0 Å². The molecule has 0 saturated heterocycles. The van der Waals surface area contributed by atoms with Crippen molar-refractivity contribution in [3.8, 4) is 0 Å². The first-order valence-corrected chi connectivity index (χ1v) is 4.26. The molecular weight excluding hydrogens is 238 g/mol. The van der Waals surface area contributed by atoms with Crippen LogP contribution in [0, 0.1) is 10.1 Å². The summed E-state index contributed by atoms with van der Waals surface area (Å²) in [6, 6.07) is 5.20. The number of hydrogen-bond acceptors (Lipinski definition) is 3. The van der Waals surface area contributed by atoms with Gasteiger partial charge in [-0.1, -0.05) is 6.07 Å².